The van der Waals surface area contributed by atoms with Crippen molar-refractivity contribution in [2.45, 2.75) is 31.5 Å². The van der Waals surface area contributed by atoms with E-state index in [1.807, 2.05) is 0 Å². The van der Waals surface area contributed by atoms with Gasteiger partial charge in [-0.05, 0) is 25.3 Å². The number of amides is 1. The highest BCUT2D eigenvalue weighted by Crippen LogP contribution is 2.40. The zero-order valence-corrected chi connectivity index (χ0v) is 13.5. The summed E-state index contributed by atoms with van der Waals surface area (Å²) in [5.41, 5.74) is -1.89. The first-order valence-corrected chi connectivity index (χ1v) is 8.06. The fourth-order valence-corrected chi connectivity index (χ4v) is 3.73. The number of alkyl halides is 3. The Morgan fingerprint density at radius 1 is 1.46 bits per heavy atom. The molecule has 0 radical (unpaired) electrons. The number of rotatable bonds is 1. The van der Waals surface area contributed by atoms with Crippen molar-refractivity contribution in [1.29, 1.82) is 0 Å². The minimum Gasteiger partial charge on any atom is -0.392 e. The molecule has 9 heteroatoms. The van der Waals surface area contributed by atoms with Gasteiger partial charge in [0, 0.05) is 25.8 Å². The second-order valence-electron chi connectivity index (χ2n) is 6.27. The first-order valence-electron chi connectivity index (χ1n) is 7.68. The van der Waals surface area contributed by atoms with Crippen molar-refractivity contribution in [2.24, 2.45) is 5.41 Å². The van der Waals surface area contributed by atoms with Crippen LogP contribution in [-0.2, 0) is 11.0 Å². The predicted octanol–water partition coefficient (Wildman–Crippen LogP) is 2.22. The molecule has 0 saturated carbocycles. The zero-order chi connectivity index (χ0) is 17.5. The number of hydrogen-bond acceptors (Lipinski definition) is 4. The lowest BCUT2D eigenvalue weighted by molar-refractivity contribution is -0.142. The van der Waals surface area contributed by atoms with Crippen LogP contribution in [-0.4, -0.2) is 41.7 Å². The maximum absolute atomic E-state index is 12.7. The van der Waals surface area contributed by atoms with Crippen molar-refractivity contribution in [3.8, 4) is 0 Å². The lowest BCUT2D eigenvalue weighted by Gasteiger charge is -2.47. The van der Waals surface area contributed by atoms with Gasteiger partial charge in [-0.25, -0.2) is 4.98 Å². The van der Waals surface area contributed by atoms with Crippen LogP contribution in [0.2, 0.25) is 5.02 Å². The highest BCUT2D eigenvalue weighted by molar-refractivity contribution is 6.33. The number of carbonyl (C=O) groups is 1. The van der Waals surface area contributed by atoms with E-state index >= 15 is 0 Å². The number of aliphatic hydroxyl groups is 1. The van der Waals surface area contributed by atoms with Gasteiger partial charge in [-0.3, -0.25) is 4.79 Å². The molecule has 2 atom stereocenters. The van der Waals surface area contributed by atoms with Crippen LogP contribution in [0.4, 0.5) is 19.0 Å². The van der Waals surface area contributed by atoms with Crippen molar-refractivity contribution in [3.63, 3.8) is 0 Å². The third-order valence-corrected chi connectivity index (χ3v) is 5.05. The average Bonchev–Trinajstić information content (AvgIpc) is 2.52. The Morgan fingerprint density at radius 2 is 2.21 bits per heavy atom. The van der Waals surface area contributed by atoms with E-state index in [0.717, 1.165) is 18.7 Å². The van der Waals surface area contributed by atoms with E-state index in [1.54, 1.807) is 4.90 Å². The second kappa shape index (κ2) is 6.07. The third kappa shape index (κ3) is 2.93. The number of aromatic nitrogens is 1. The fourth-order valence-electron chi connectivity index (χ4n) is 3.44. The number of hydrogen-bond donors (Lipinski definition) is 2. The quantitative estimate of drug-likeness (QED) is 0.803. The first kappa shape index (κ1) is 17.3. The smallest absolute Gasteiger partial charge is 0.392 e. The molecule has 3 rings (SSSR count). The standard InChI is InChI=1S/C15H17ClF3N3O2/c16-10-6-9(15(17,18)19)7-21-12(10)22-5-2-11(23)14(8-22)3-1-4-20-13(14)24/h6-7,11,23H,1-5,8H2,(H,20,24)/t11-,14-/m1/s1. The predicted molar refractivity (Wildman–Crippen MR) is 81.8 cm³/mol. The van der Waals surface area contributed by atoms with Crippen molar-refractivity contribution in [3.05, 3.63) is 22.8 Å². The maximum Gasteiger partial charge on any atom is 0.417 e. The van der Waals surface area contributed by atoms with Crippen LogP contribution in [0.1, 0.15) is 24.8 Å². The maximum atomic E-state index is 12.7. The average molecular weight is 364 g/mol. The Labute approximate surface area is 141 Å². The summed E-state index contributed by atoms with van der Waals surface area (Å²) in [6.45, 7) is 1.11. The molecule has 2 aliphatic heterocycles. The van der Waals surface area contributed by atoms with E-state index in [-0.39, 0.29) is 23.3 Å². The van der Waals surface area contributed by atoms with Crippen LogP contribution in [0.3, 0.4) is 0 Å². The van der Waals surface area contributed by atoms with Gasteiger partial charge in [0.05, 0.1) is 22.1 Å². The van der Waals surface area contributed by atoms with Gasteiger partial charge in [0.25, 0.3) is 0 Å². The highest BCUT2D eigenvalue weighted by atomic mass is 35.5. The van der Waals surface area contributed by atoms with Gasteiger partial charge < -0.3 is 15.3 Å². The Hall–Kier alpha value is -1.54. The van der Waals surface area contributed by atoms with E-state index in [4.69, 9.17) is 11.6 Å². The second-order valence-corrected chi connectivity index (χ2v) is 6.68. The third-order valence-electron chi connectivity index (χ3n) is 4.77. The molecule has 1 aromatic heterocycles. The molecule has 24 heavy (non-hydrogen) atoms. The van der Waals surface area contributed by atoms with Crippen molar-refractivity contribution in [1.82, 2.24) is 10.3 Å². The van der Waals surface area contributed by atoms with Crippen LogP contribution in [0, 0.1) is 5.41 Å². The summed E-state index contributed by atoms with van der Waals surface area (Å²) in [5, 5.41) is 13.0. The molecular formula is C15H17ClF3N3O2. The molecule has 0 unspecified atom stereocenters. The highest BCUT2D eigenvalue weighted by Gasteiger charge is 2.50. The Bertz CT molecular complexity index is 655. The molecule has 2 fully saturated rings. The lowest BCUT2D eigenvalue weighted by Crippen LogP contribution is -2.61. The van der Waals surface area contributed by atoms with E-state index in [9.17, 15) is 23.1 Å². The lowest BCUT2D eigenvalue weighted by atomic mass is 9.71. The summed E-state index contributed by atoms with van der Waals surface area (Å²) in [7, 11) is 0. The normalized spacial score (nSPS) is 28.1. The van der Waals surface area contributed by atoms with E-state index in [1.165, 1.54) is 0 Å². The van der Waals surface area contributed by atoms with E-state index in [2.05, 4.69) is 10.3 Å². The molecule has 1 amide bonds. The molecule has 2 N–H and O–H groups in total. The monoisotopic (exact) mass is 363 g/mol. The summed E-state index contributed by atoms with van der Waals surface area (Å²) in [4.78, 5) is 17.9. The number of nitrogens with one attached hydrogen (secondary N) is 1. The van der Waals surface area contributed by atoms with E-state index in [0.29, 0.717) is 25.9 Å². The van der Waals surface area contributed by atoms with Crippen LogP contribution in [0.25, 0.3) is 0 Å². The Balaban J connectivity index is 1.89. The molecule has 1 aromatic rings. The number of aliphatic hydroxyl groups excluding tert-OH is 1. The molecule has 0 bridgehead atoms. The topological polar surface area (TPSA) is 65.5 Å². The number of anilines is 1. The van der Waals surface area contributed by atoms with Gasteiger partial charge in [0.1, 0.15) is 5.82 Å². The largest absolute Gasteiger partial charge is 0.417 e. The van der Waals surface area contributed by atoms with Gasteiger partial charge in [0.2, 0.25) is 5.91 Å². The number of halogens is 4. The summed E-state index contributed by atoms with van der Waals surface area (Å²) < 4.78 is 38.2. The van der Waals surface area contributed by atoms with Gasteiger partial charge in [-0.1, -0.05) is 11.6 Å². The molecule has 2 saturated heterocycles. The Kier molecular flexibility index (Phi) is 4.37. The van der Waals surface area contributed by atoms with Gasteiger partial charge in [-0.2, -0.15) is 13.2 Å². The van der Waals surface area contributed by atoms with Gasteiger partial charge in [-0.15, -0.1) is 0 Å². The zero-order valence-electron chi connectivity index (χ0n) is 12.7. The van der Waals surface area contributed by atoms with E-state index < -0.39 is 23.3 Å². The Morgan fingerprint density at radius 3 is 2.83 bits per heavy atom. The van der Waals surface area contributed by atoms with Crippen molar-refractivity contribution >= 4 is 23.3 Å². The summed E-state index contributed by atoms with van der Waals surface area (Å²) >= 11 is 6.00. The molecule has 1 spiro atoms. The number of carbonyl (C=O) groups excluding carboxylic acids is 1. The summed E-state index contributed by atoms with van der Waals surface area (Å²) in [6.07, 6.45) is -2.98. The fraction of sp³-hybridized carbons (Fsp3) is 0.600. The SMILES string of the molecule is O=C1NCCC[C@]12CN(c1ncc(C(F)(F)F)cc1Cl)CC[C@H]2O. The van der Waals surface area contributed by atoms with Crippen molar-refractivity contribution < 1.29 is 23.1 Å². The molecule has 5 nitrogen and oxygen atoms in total. The molecular weight excluding hydrogens is 347 g/mol. The minimum atomic E-state index is -4.52. The van der Waals surface area contributed by atoms with Gasteiger partial charge >= 0.3 is 6.18 Å². The first-order chi connectivity index (χ1) is 11.2. The molecule has 0 aromatic carbocycles. The van der Waals surface area contributed by atoms with Crippen LogP contribution in [0.5, 0.6) is 0 Å². The number of piperidine rings is 2. The minimum absolute atomic E-state index is 0.118. The number of nitrogens with zero attached hydrogens (tertiary/aromatic N) is 2. The molecule has 3 heterocycles. The van der Waals surface area contributed by atoms with Crippen LogP contribution < -0.4 is 10.2 Å². The molecule has 2 aliphatic rings. The van der Waals surface area contributed by atoms with Crippen LogP contribution in [0.15, 0.2) is 12.3 Å². The molecule has 0 aliphatic carbocycles. The van der Waals surface area contributed by atoms with Crippen molar-refractivity contribution in [2.75, 3.05) is 24.5 Å². The number of pyridine rings is 1. The summed E-state index contributed by atoms with van der Waals surface area (Å²) in [5.74, 6) is -0.0247. The molecule has 132 valence electrons. The summed E-state index contributed by atoms with van der Waals surface area (Å²) in [6, 6.07) is 0.836. The van der Waals surface area contributed by atoms with Gasteiger partial charge in [0.15, 0.2) is 0 Å². The van der Waals surface area contributed by atoms with Crippen LogP contribution >= 0.6 is 11.6 Å².